The second-order valence-corrected chi connectivity index (χ2v) is 3.24. The smallest absolute Gasteiger partial charge is 0.123 e. The van der Waals surface area contributed by atoms with Crippen molar-refractivity contribution in [3.05, 3.63) is 54.4 Å². The fraction of sp³-hybridized carbons (Fsp3) is 0.167. The van der Waals surface area contributed by atoms with Gasteiger partial charge in [-0.05, 0) is 18.2 Å². The van der Waals surface area contributed by atoms with E-state index in [1.54, 1.807) is 7.11 Å². The minimum absolute atomic E-state index is 0.749. The Bertz CT molecular complexity index is 409. The van der Waals surface area contributed by atoms with Crippen molar-refractivity contribution in [3.63, 3.8) is 0 Å². The Kier molecular flexibility index (Phi) is 2.93. The van der Waals surface area contributed by atoms with E-state index in [9.17, 15) is 0 Å². The number of rotatable bonds is 4. The highest BCUT2D eigenvalue weighted by atomic mass is 16.5. The molecule has 0 aliphatic carbocycles. The van der Waals surface area contributed by atoms with Crippen LogP contribution in [0.15, 0.2) is 48.8 Å². The lowest BCUT2D eigenvalue weighted by Gasteiger charge is -2.10. The number of nitrogens with one attached hydrogen (secondary N) is 1. The molecule has 3 heteroatoms. The van der Waals surface area contributed by atoms with Crippen molar-refractivity contribution in [1.82, 2.24) is 4.68 Å². The Morgan fingerprint density at radius 1 is 1.13 bits per heavy atom. The Balaban J connectivity index is 2.04. The summed E-state index contributed by atoms with van der Waals surface area (Å²) in [5.41, 5.74) is 4.40. The van der Waals surface area contributed by atoms with E-state index < -0.39 is 0 Å². The molecular formula is C12H14N2O. The third-order valence-corrected chi connectivity index (χ3v) is 2.25. The molecule has 1 heterocycles. The molecule has 0 bridgehead atoms. The highest BCUT2D eigenvalue weighted by Gasteiger charge is 1.99. The summed E-state index contributed by atoms with van der Waals surface area (Å²) in [6.07, 6.45) is 3.94. The minimum atomic E-state index is 0.749. The van der Waals surface area contributed by atoms with Gasteiger partial charge in [0.05, 0.1) is 13.7 Å². The Morgan fingerprint density at radius 2 is 1.87 bits per heavy atom. The standard InChI is InChI=1S/C12H14N2O/c1-15-12-7-3-2-6-11(12)10-13-14-8-4-5-9-14/h2-9,13H,10H2,1H3. The van der Waals surface area contributed by atoms with E-state index in [1.807, 2.05) is 47.4 Å². The molecule has 3 nitrogen and oxygen atoms in total. The molecule has 0 saturated carbocycles. The Morgan fingerprint density at radius 3 is 2.60 bits per heavy atom. The molecule has 2 aromatic rings. The number of nitrogens with zero attached hydrogens (tertiary/aromatic N) is 1. The SMILES string of the molecule is COc1ccccc1CNn1cccc1. The first-order valence-electron chi connectivity index (χ1n) is 4.89. The molecule has 0 aliphatic rings. The second-order valence-electron chi connectivity index (χ2n) is 3.24. The van der Waals surface area contributed by atoms with Gasteiger partial charge in [-0.1, -0.05) is 18.2 Å². The summed E-state index contributed by atoms with van der Waals surface area (Å²) in [6.45, 7) is 0.749. The monoisotopic (exact) mass is 202 g/mol. The van der Waals surface area contributed by atoms with Gasteiger partial charge in [0.15, 0.2) is 0 Å². The molecule has 1 aromatic heterocycles. The van der Waals surface area contributed by atoms with Crippen molar-refractivity contribution in [3.8, 4) is 5.75 Å². The van der Waals surface area contributed by atoms with Gasteiger partial charge >= 0.3 is 0 Å². The molecule has 0 spiro atoms. The topological polar surface area (TPSA) is 26.2 Å². The van der Waals surface area contributed by atoms with Gasteiger partial charge in [0, 0.05) is 18.0 Å². The largest absolute Gasteiger partial charge is 0.496 e. The normalized spacial score (nSPS) is 9.93. The minimum Gasteiger partial charge on any atom is -0.496 e. The van der Waals surface area contributed by atoms with Crippen LogP contribution < -0.4 is 10.2 Å². The summed E-state index contributed by atoms with van der Waals surface area (Å²) in [7, 11) is 1.69. The third kappa shape index (κ3) is 2.31. The van der Waals surface area contributed by atoms with Crippen molar-refractivity contribution in [2.45, 2.75) is 6.54 Å². The molecule has 0 aliphatic heterocycles. The number of ether oxygens (including phenoxy) is 1. The van der Waals surface area contributed by atoms with Crippen LogP contribution in [-0.2, 0) is 6.54 Å². The molecule has 0 radical (unpaired) electrons. The maximum Gasteiger partial charge on any atom is 0.123 e. The maximum atomic E-state index is 5.27. The first-order chi connectivity index (χ1) is 7.40. The lowest BCUT2D eigenvalue weighted by molar-refractivity contribution is 0.410. The highest BCUT2D eigenvalue weighted by Crippen LogP contribution is 2.16. The molecule has 2 rings (SSSR count). The summed E-state index contributed by atoms with van der Waals surface area (Å²) in [5.74, 6) is 0.914. The summed E-state index contributed by atoms with van der Waals surface area (Å²) >= 11 is 0. The zero-order valence-electron chi connectivity index (χ0n) is 8.68. The number of hydrogen-bond acceptors (Lipinski definition) is 2. The Hall–Kier alpha value is -1.90. The molecule has 0 fully saturated rings. The van der Waals surface area contributed by atoms with Gasteiger partial charge in [-0.2, -0.15) is 0 Å². The van der Waals surface area contributed by atoms with Crippen LogP contribution in [0.3, 0.4) is 0 Å². The summed E-state index contributed by atoms with van der Waals surface area (Å²) in [4.78, 5) is 0. The van der Waals surface area contributed by atoms with Crippen LogP contribution in [0.4, 0.5) is 0 Å². The Labute approximate surface area is 89.3 Å². The van der Waals surface area contributed by atoms with Crippen molar-refractivity contribution in [1.29, 1.82) is 0 Å². The van der Waals surface area contributed by atoms with Gasteiger partial charge in [0.2, 0.25) is 0 Å². The molecule has 15 heavy (non-hydrogen) atoms. The molecular weight excluding hydrogens is 188 g/mol. The van der Waals surface area contributed by atoms with E-state index >= 15 is 0 Å². The van der Waals surface area contributed by atoms with E-state index in [0.29, 0.717) is 0 Å². The van der Waals surface area contributed by atoms with Crippen LogP contribution in [0.5, 0.6) is 5.75 Å². The fourth-order valence-corrected chi connectivity index (χ4v) is 1.47. The van der Waals surface area contributed by atoms with E-state index in [-0.39, 0.29) is 0 Å². The molecule has 78 valence electrons. The number of hydrogen-bond donors (Lipinski definition) is 1. The highest BCUT2D eigenvalue weighted by molar-refractivity contribution is 5.33. The van der Waals surface area contributed by atoms with Crippen LogP contribution in [0.2, 0.25) is 0 Å². The van der Waals surface area contributed by atoms with Crippen molar-refractivity contribution in [2.24, 2.45) is 0 Å². The van der Waals surface area contributed by atoms with Crippen molar-refractivity contribution >= 4 is 0 Å². The third-order valence-electron chi connectivity index (χ3n) is 2.25. The molecule has 0 atom stereocenters. The fourth-order valence-electron chi connectivity index (χ4n) is 1.47. The van der Waals surface area contributed by atoms with Gasteiger partial charge in [-0.25, -0.2) is 0 Å². The molecule has 1 aromatic carbocycles. The molecule has 0 unspecified atom stereocenters. The summed E-state index contributed by atoms with van der Waals surface area (Å²) < 4.78 is 7.19. The van der Waals surface area contributed by atoms with E-state index in [2.05, 4.69) is 11.5 Å². The molecule has 1 N–H and O–H groups in total. The predicted molar refractivity (Wildman–Crippen MR) is 60.5 cm³/mol. The first-order valence-corrected chi connectivity index (χ1v) is 4.89. The van der Waals surface area contributed by atoms with Gasteiger partial charge in [0.25, 0.3) is 0 Å². The van der Waals surface area contributed by atoms with E-state index in [4.69, 9.17) is 4.74 Å². The van der Waals surface area contributed by atoms with Crippen LogP contribution in [-0.4, -0.2) is 11.8 Å². The average molecular weight is 202 g/mol. The molecule has 0 saturated heterocycles. The second kappa shape index (κ2) is 4.55. The quantitative estimate of drug-likeness (QED) is 0.823. The van der Waals surface area contributed by atoms with Crippen LogP contribution >= 0.6 is 0 Å². The zero-order chi connectivity index (χ0) is 10.5. The average Bonchev–Trinajstić information content (AvgIpc) is 2.79. The first kappa shape index (κ1) is 9.65. The van der Waals surface area contributed by atoms with Crippen molar-refractivity contribution in [2.75, 3.05) is 12.5 Å². The van der Waals surface area contributed by atoms with Gasteiger partial charge in [0.1, 0.15) is 5.75 Å². The number of methoxy groups -OCH3 is 1. The van der Waals surface area contributed by atoms with Crippen LogP contribution in [0.25, 0.3) is 0 Å². The number of para-hydroxylation sites is 1. The lowest BCUT2D eigenvalue weighted by Crippen LogP contribution is -2.12. The van der Waals surface area contributed by atoms with Gasteiger partial charge < -0.3 is 10.2 Å². The molecule has 0 amide bonds. The summed E-state index contributed by atoms with van der Waals surface area (Å²) in [6, 6.07) is 12.0. The number of aromatic nitrogens is 1. The van der Waals surface area contributed by atoms with Gasteiger partial charge in [-0.3, -0.25) is 4.68 Å². The van der Waals surface area contributed by atoms with E-state index in [0.717, 1.165) is 17.9 Å². The maximum absolute atomic E-state index is 5.27. The predicted octanol–water partition coefficient (Wildman–Crippen LogP) is 2.24. The van der Waals surface area contributed by atoms with Gasteiger partial charge in [-0.15, -0.1) is 0 Å². The zero-order valence-corrected chi connectivity index (χ0v) is 8.68. The summed E-state index contributed by atoms with van der Waals surface area (Å²) in [5, 5.41) is 0. The number of benzene rings is 1. The van der Waals surface area contributed by atoms with E-state index in [1.165, 1.54) is 0 Å². The lowest BCUT2D eigenvalue weighted by atomic mass is 10.2. The van der Waals surface area contributed by atoms with Crippen molar-refractivity contribution < 1.29 is 4.74 Å². The van der Waals surface area contributed by atoms with Crippen LogP contribution in [0, 0.1) is 0 Å². The van der Waals surface area contributed by atoms with Crippen LogP contribution in [0.1, 0.15) is 5.56 Å².